The summed E-state index contributed by atoms with van der Waals surface area (Å²) in [4.78, 5) is 43.3. The Hall–Kier alpha value is -0.914. The molecule has 0 aliphatic heterocycles. The summed E-state index contributed by atoms with van der Waals surface area (Å²) in [6.45, 7) is 4.95. The molecule has 8 nitrogen and oxygen atoms in total. The second-order valence-corrected chi connectivity index (χ2v) is 4.64. The minimum atomic E-state index is -0.651. The van der Waals surface area contributed by atoms with Gasteiger partial charge in [-0.15, -0.1) is 0 Å². The molecule has 152 valence electrons. The third-order valence-electron chi connectivity index (χ3n) is 2.61. The topological polar surface area (TPSA) is 105 Å². The van der Waals surface area contributed by atoms with Gasteiger partial charge >= 0.3 is 46.9 Å². The fourth-order valence-corrected chi connectivity index (χ4v) is 1.50. The molecule has 0 heterocycles. The molecule has 0 radical (unpaired) electrons. The normalized spacial score (nSPS) is 9.93. The summed E-state index contributed by atoms with van der Waals surface area (Å²) >= 11 is 3.04. The second kappa shape index (κ2) is 21.4. The maximum absolute atomic E-state index is 10.9. The Balaban J connectivity index is -0.000000108. The maximum atomic E-state index is 10.9. The second-order valence-electron chi connectivity index (χ2n) is 4.08. The Morgan fingerprint density at radius 3 is 1.70 bits per heavy atom. The summed E-state index contributed by atoms with van der Waals surface area (Å²) in [5.74, 6) is -2.85. The van der Waals surface area contributed by atoms with Crippen LogP contribution < -0.4 is 17.0 Å². The molecule has 0 aliphatic carbocycles. The van der Waals surface area contributed by atoms with E-state index in [4.69, 9.17) is 0 Å². The molecule has 27 heavy (non-hydrogen) atoms. The third-order valence-corrected chi connectivity index (χ3v) is 3.21. The van der Waals surface area contributed by atoms with Gasteiger partial charge in [-0.25, -0.2) is 14.4 Å². The van der Waals surface area contributed by atoms with Crippen molar-refractivity contribution in [3.63, 3.8) is 0 Å². The molecule has 0 saturated heterocycles. The van der Waals surface area contributed by atoms with E-state index in [0.717, 1.165) is 6.08 Å². The van der Waals surface area contributed by atoms with Gasteiger partial charge in [0.25, 0.3) is 0 Å². The smallest absolute Gasteiger partial charge is 1.00 e. The number of rotatable bonds is 6. The molecule has 1 unspecified atom stereocenters. The van der Waals surface area contributed by atoms with Gasteiger partial charge in [0.05, 0.1) is 39.9 Å². The van der Waals surface area contributed by atoms with Crippen molar-refractivity contribution < 1.29 is 55.1 Å². The molecule has 0 amide bonds. The van der Waals surface area contributed by atoms with E-state index >= 15 is 0 Å². The molecule has 0 spiro atoms. The van der Waals surface area contributed by atoms with Crippen molar-refractivity contribution in [3.8, 4) is 0 Å². The van der Waals surface area contributed by atoms with Gasteiger partial charge in [0, 0.05) is 17.0 Å². The Labute approximate surface area is 195 Å². The summed E-state index contributed by atoms with van der Waals surface area (Å²) in [7, 11) is 4.97. The van der Waals surface area contributed by atoms with Crippen LogP contribution in [0.2, 0.25) is 0 Å². The summed E-state index contributed by atoms with van der Waals surface area (Å²) < 4.78 is 17.5. The van der Waals surface area contributed by atoms with Crippen LogP contribution in [0.5, 0.6) is 0 Å². The zero-order chi connectivity index (χ0) is 19.3. The third kappa shape index (κ3) is 15.8. The molecule has 0 aromatic heterocycles. The summed E-state index contributed by atoms with van der Waals surface area (Å²) in [6.07, 6.45) is 1.08. The fourth-order valence-electron chi connectivity index (χ4n) is 1.11. The van der Waals surface area contributed by atoms with Gasteiger partial charge in [0.2, 0.25) is 0 Å². The van der Waals surface area contributed by atoms with Gasteiger partial charge < -0.3 is 43.4 Å². The van der Waals surface area contributed by atoms with E-state index in [1.807, 2.05) is 0 Å². The summed E-state index contributed by atoms with van der Waals surface area (Å²) in [5, 5.41) is 0.259. The van der Waals surface area contributed by atoms with Crippen molar-refractivity contribution in [2.45, 2.75) is 6.92 Å². The number of ether oxygens (including phenoxy) is 4. The zero-order valence-corrected chi connectivity index (χ0v) is 20.9. The number of carbonyl (C=O) groups excluding carboxylic acids is 4. The number of carbonyl (C=O) groups is 4. The van der Waals surface area contributed by atoms with Gasteiger partial charge in [-0.05, 0) is 6.92 Å². The molecule has 0 saturated carbocycles. The first kappa shape index (κ1) is 36.9. The van der Waals surface area contributed by atoms with Crippen LogP contribution in [0.3, 0.4) is 0 Å². The van der Waals surface area contributed by atoms with Crippen LogP contribution in [-0.4, -0.2) is 80.7 Å². The van der Waals surface area contributed by atoms with Crippen LogP contribution in [0.1, 0.15) is 6.92 Å². The molecular weight excluding hydrogens is 504 g/mol. The Bertz CT molecular complexity index is 521. The molecule has 0 aromatic carbocycles. The average molecular weight is 528 g/mol. The van der Waals surface area contributed by atoms with Gasteiger partial charge in [0.15, 0.2) is 0 Å². The van der Waals surface area contributed by atoms with Crippen LogP contribution >= 0.6 is 15.9 Å². The van der Waals surface area contributed by atoms with Gasteiger partial charge in [-0.3, -0.25) is 4.79 Å². The quantitative estimate of drug-likeness (QED) is 0.0999. The summed E-state index contributed by atoms with van der Waals surface area (Å²) in [6, 6.07) is 0. The monoisotopic (exact) mass is 526 g/mol. The molecule has 0 N–H and O–H groups in total. The molecule has 0 aromatic rings. The largest absolute Gasteiger partial charge is 2.00 e. The number of methoxy groups -OCH3 is 4. The molecule has 0 aliphatic rings. The van der Waals surface area contributed by atoms with Gasteiger partial charge in [0.1, 0.15) is 0 Å². The molecule has 0 bridgehead atoms. The molecule has 0 rings (SSSR count). The van der Waals surface area contributed by atoms with Crippen molar-refractivity contribution in [1.29, 1.82) is 0 Å². The van der Waals surface area contributed by atoms with E-state index < -0.39 is 29.8 Å². The van der Waals surface area contributed by atoms with E-state index in [1.54, 1.807) is 0 Å². The molecule has 0 fully saturated rings. The SMILES string of the molecule is C=C(C(=O)OC)C(C)C(=O)OC.COC(=O)/C=C(\CBr)C(=O)OC.[Br-].[CH3-].[Mg+2]. The number of hydrogen-bond acceptors (Lipinski definition) is 8. The maximum Gasteiger partial charge on any atom is 2.00 e. The standard InChI is InChI=1S/C8H12O4.C7H9BrO4.CH3.BrH.Mg/c1-5(7(9)11-3)6(2)8(10)12-4;1-11-6(9)3-5(4-8)7(10)12-2;;;/h6H,1H2,2-4H3;3H,4H2,1-2H3;1H3;1H;/q;;-1;;+2/p-1/b;5-3+;;;. The number of esters is 4. The Kier molecular flexibility index (Phi) is 29.2. The Morgan fingerprint density at radius 1 is 0.963 bits per heavy atom. The first-order valence-electron chi connectivity index (χ1n) is 6.47. The van der Waals surface area contributed by atoms with Crippen molar-refractivity contribution in [3.05, 3.63) is 31.2 Å². The van der Waals surface area contributed by atoms with Gasteiger partial charge in [-0.1, -0.05) is 22.5 Å². The first-order valence-corrected chi connectivity index (χ1v) is 7.59. The zero-order valence-electron chi connectivity index (χ0n) is 16.3. The number of hydrogen-bond donors (Lipinski definition) is 0. The van der Waals surface area contributed by atoms with E-state index in [-0.39, 0.29) is 63.9 Å². The van der Waals surface area contributed by atoms with Crippen molar-refractivity contribution in [2.24, 2.45) is 5.92 Å². The number of halogens is 2. The van der Waals surface area contributed by atoms with Crippen molar-refractivity contribution >= 4 is 62.9 Å². The van der Waals surface area contributed by atoms with Crippen LogP contribution in [0.15, 0.2) is 23.8 Å². The first-order chi connectivity index (χ1) is 11.2. The summed E-state index contributed by atoms with van der Waals surface area (Å²) in [5.41, 5.74) is 0.328. The van der Waals surface area contributed by atoms with Crippen molar-refractivity contribution in [2.75, 3.05) is 33.8 Å². The van der Waals surface area contributed by atoms with Crippen LogP contribution in [0.25, 0.3) is 0 Å². The number of alkyl halides is 1. The van der Waals surface area contributed by atoms with Gasteiger partial charge in [-0.2, -0.15) is 0 Å². The Morgan fingerprint density at radius 2 is 1.41 bits per heavy atom. The minimum absolute atomic E-state index is 0. The van der Waals surface area contributed by atoms with E-state index in [1.165, 1.54) is 35.4 Å². The molecular formula is C16H24Br2MgO8. The van der Waals surface area contributed by atoms with Crippen LogP contribution in [0, 0.1) is 13.3 Å². The average Bonchev–Trinajstić information content (AvgIpc) is 2.62. The van der Waals surface area contributed by atoms with Crippen LogP contribution in [-0.2, 0) is 38.1 Å². The molecule has 1 atom stereocenters. The minimum Gasteiger partial charge on any atom is -1.00 e. The fraction of sp³-hybridized carbons (Fsp3) is 0.438. The van der Waals surface area contributed by atoms with E-state index in [2.05, 4.69) is 41.5 Å². The predicted octanol–water partition coefficient (Wildman–Crippen LogP) is -1.75. The predicted molar refractivity (Wildman–Crippen MR) is 100 cm³/mol. The van der Waals surface area contributed by atoms with Crippen molar-refractivity contribution in [1.82, 2.24) is 0 Å². The van der Waals surface area contributed by atoms with E-state index in [0.29, 0.717) is 0 Å². The molecule has 11 heteroatoms. The van der Waals surface area contributed by atoms with Crippen LogP contribution in [0.4, 0.5) is 0 Å². The van der Waals surface area contributed by atoms with E-state index in [9.17, 15) is 19.2 Å².